The maximum atomic E-state index is 12.9. The van der Waals surface area contributed by atoms with Crippen LogP contribution in [0.5, 0.6) is 0 Å². The van der Waals surface area contributed by atoms with Gasteiger partial charge in [-0.05, 0) is 23.8 Å². The van der Waals surface area contributed by atoms with Gasteiger partial charge in [-0.2, -0.15) is 13.2 Å². The first-order valence-electron chi connectivity index (χ1n) is 8.84. The van der Waals surface area contributed by atoms with E-state index in [4.69, 9.17) is 5.73 Å². The first-order valence-corrected chi connectivity index (χ1v) is 8.84. The van der Waals surface area contributed by atoms with Gasteiger partial charge in [0.25, 0.3) is 0 Å². The van der Waals surface area contributed by atoms with Crippen molar-refractivity contribution < 1.29 is 13.2 Å². The Kier molecular flexibility index (Phi) is 4.72. The van der Waals surface area contributed by atoms with Crippen molar-refractivity contribution >= 4 is 5.95 Å². The Balaban J connectivity index is 1.46. The minimum Gasteiger partial charge on any atom is -0.368 e. The molecule has 8 heteroatoms. The summed E-state index contributed by atoms with van der Waals surface area (Å²) in [5.74, 6) is 0.293. The molecule has 0 radical (unpaired) electrons. The molecule has 3 heterocycles. The molecule has 144 valence electrons. The van der Waals surface area contributed by atoms with Gasteiger partial charge in [0.1, 0.15) is 0 Å². The number of nitrogen functional groups attached to an aromatic ring is 1. The number of nitrogens with two attached hydrogens (primary N) is 1. The number of rotatable bonds is 3. The zero-order chi connectivity index (χ0) is 19.7. The van der Waals surface area contributed by atoms with Crippen molar-refractivity contribution in [3.8, 4) is 11.3 Å². The van der Waals surface area contributed by atoms with E-state index in [-0.39, 0.29) is 0 Å². The van der Waals surface area contributed by atoms with Gasteiger partial charge in [-0.3, -0.25) is 9.88 Å². The largest absolute Gasteiger partial charge is 0.416 e. The zero-order valence-electron chi connectivity index (χ0n) is 14.9. The number of anilines is 1. The van der Waals surface area contributed by atoms with Crippen LogP contribution in [0.2, 0.25) is 0 Å². The molecule has 0 bridgehead atoms. The van der Waals surface area contributed by atoms with Crippen LogP contribution in [0.15, 0.2) is 48.8 Å². The van der Waals surface area contributed by atoms with Crippen LogP contribution < -0.4 is 5.73 Å². The first kappa shape index (κ1) is 18.4. The van der Waals surface area contributed by atoms with Crippen molar-refractivity contribution in [1.82, 2.24) is 19.9 Å². The summed E-state index contributed by atoms with van der Waals surface area (Å²) in [6, 6.07) is 8.86. The van der Waals surface area contributed by atoms with Crippen molar-refractivity contribution in [1.29, 1.82) is 0 Å². The van der Waals surface area contributed by atoms with E-state index in [0.29, 0.717) is 23.8 Å². The molecule has 2 aromatic heterocycles. The first-order chi connectivity index (χ1) is 13.4. The van der Waals surface area contributed by atoms with Gasteiger partial charge >= 0.3 is 6.18 Å². The standard InChI is InChI=1S/C20H18F3N5/c21-20(22,23)16-3-1-2-14(8-16)17-5-4-13(9-25-17)11-28-7-6-18-15(12-28)10-26-19(24)27-18/h1-5,8-10H,6-7,11-12H2,(H2,24,26,27). The molecule has 28 heavy (non-hydrogen) atoms. The van der Waals surface area contributed by atoms with Crippen LogP contribution in [0.4, 0.5) is 19.1 Å². The molecule has 1 aliphatic rings. The van der Waals surface area contributed by atoms with Crippen molar-refractivity contribution in [2.75, 3.05) is 12.3 Å². The molecule has 3 aromatic rings. The maximum Gasteiger partial charge on any atom is 0.416 e. The number of halogens is 3. The van der Waals surface area contributed by atoms with Crippen LogP contribution in [0, 0.1) is 0 Å². The van der Waals surface area contributed by atoms with Gasteiger partial charge < -0.3 is 5.73 Å². The molecule has 4 rings (SSSR count). The minimum absolute atomic E-state index is 0.293. The number of benzene rings is 1. The van der Waals surface area contributed by atoms with Gasteiger partial charge in [0.05, 0.1) is 17.0 Å². The van der Waals surface area contributed by atoms with Crippen molar-refractivity contribution in [2.45, 2.75) is 25.7 Å². The summed E-state index contributed by atoms with van der Waals surface area (Å²) >= 11 is 0. The van der Waals surface area contributed by atoms with Crippen molar-refractivity contribution in [2.24, 2.45) is 0 Å². The Bertz CT molecular complexity index is 986. The number of alkyl halides is 3. The third-order valence-corrected chi connectivity index (χ3v) is 4.75. The van der Waals surface area contributed by atoms with Crippen molar-refractivity contribution in [3.05, 3.63) is 71.2 Å². The van der Waals surface area contributed by atoms with E-state index in [1.165, 1.54) is 6.07 Å². The van der Waals surface area contributed by atoms with E-state index in [0.717, 1.165) is 48.5 Å². The summed E-state index contributed by atoms with van der Waals surface area (Å²) < 4.78 is 38.7. The lowest BCUT2D eigenvalue weighted by Gasteiger charge is -2.27. The van der Waals surface area contributed by atoms with Crippen LogP contribution in [-0.2, 0) is 25.7 Å². The second kappa shape index (κ2) is 7.20. The van der Waals surface area contributed by atoms with E-state index in [1.54, 1.807) is 24.5 Å². The van der Waals surface area contributed by atoms with Crippen LogP contribution >= 0.6 is 0 Å². The minimum atomic E-state index is -4.37. The topological polar surface area (TPSA) is 67.9 Å². The molecule has 5 nitrogen and oxygen atoms in total. The molecule has 0 spiro atoms. The highest BCUT2D eigenvalue weighted by molar-refractivity contribution is 5.60. The number of hydrogen-bond acceptors (Lipinski definition) is 5. The predicted octanol–water partition coefficient (Wildman–Crippen LogP) is 3.70. The molecule has 0 unspecified atom stereocenters. The van der Waals surface area contributed by atoms with E-state index in [1.807, 2.05) is 6.07 Å². The predicted molar refractivity (Wildman–Crippen MR) is 98.9 cm³/mol. The highest BCUT2D eigenvalue weighted by atomic mass is 19.4. The van der Waals surface area contributed by atoms with E-state index < -0.39 is 11.7 Å². The van der Waals surface area contributed by atoms with Gasteiger partial charge in [-0.1, -0.05) is 18.2 Å². The lowest BCUT2D eigenvalue weighted by atomic mass is 10.1. The summed E-state index contributed by atoms with van der Waals surface area (Å²) in [4.78, 5) is 14.9. The second-order valence-electron chi connectivity index (χ2n) is 6.79. The van der Waals surface area contributed by atoms with Crippen molar-refractivity contribution in [3.63, 3.8) is 0 Å². The van der Waals surface area contributed by atoms with Crippen LogP contribution in [0.25, 0.3) is 11.3 Å². The number of fused-ring (bicyclic) bond motifs is 1. The summed E-state index contributed by atoms with van der Waals surface area (Å²) in [6.07, 6.45) is -0.0872. The molecule has 0 fully saturated rings. The molecular formula is C20H18F3N5. The quantitative estimate of drug-likeness (QED) is 0.745. The smallest absolute Gasteiger partial charge is 0.368 e. The van der Waals surface area contributed by atoms with E-state index >= 15 is 0 Å². The molecule has 0 saturated carbocycles. The molecule has 1 aromatic carbocycles. The molecule has 0 amide bonds. The zero-order valence-corrected chi connectivity index (χ0v) is 14.9. The second-order valence-corrected chi connectivity index (χ2v) is 6.79. The normalized spacial score (nSPS) is 14.7. The van der Waals surface area contributed by atoms with Gasteiger partial charge in [-0.15, -0.1) is 0 Å². The molecule has 0 saturated heterocycles. The fourth-order valence-corrected chi connectivity index (χ4v) is 3.33. The molecule has 2 N–H and O–H groups in total. The van der Waals surface area contributed by atoms with Crippen LogP contribution in [0.3, 0.4) is 0 Å². The SMILES string of the molecule is Nc1ncc2c(n1)CCN(Cc1ccc(-c3cccc(C(F)(F)F)c3)nc1)C2. The van der Waals surface area contributed by atoms with Gasteiger partial charge in [-0.25, -0.2) is 9.97 Å². The fraction of sp³-hybridized carbons (Fsp3) is 0.250. The number of nitrogens with zero attached hydrogens (tertiary/aromatic N) is 4. The summed E-state index contributed by atoms with van der Waals surface area (Å²) in [7, 11) is 0. The Morgan fingerprint density at radius 1 is 1.07 bits per heavy atom. The van der Waals surface area contributed by atoms with Gasteiger partial charge in [0.2, 0.25) is 5.95 Å². The van der Waals surface area contributed by atoms with Crippen LogP contribution in [-0.4, -0.2) is 26.4 Å². The third kappa shape index (κ3) is 3.96. The average molecular weight is 385 g/mol. The van der Waals surface area contributed by atoms with Gasteiger partial charge in [0, 0.05) is 49.6 Å². The number of hydrogen-bond donors (Lipinski definition) is 1. The number of pyridine rings is 1. The van der Waals surface area contributed by atoms with Crippen LogP contribution in [0.1, 0.15) is 22.4 Å². The summed E-state index contributed by atoms with van der Waals surface area (Å²) in [6.45, 7) is 2.27. The molecular weight excluding hydrogens is 367 g/mol. The molecule has 1 aliphatic heterocycles. The monoisotopic (exact) mass is 385 g/mol. The molecule has 0 atom stereocenters. The van der Waals surface area contributed by atoms with Gasteiger partial charge in [0.15, 0.2) is 0 Å². The highest BCUT2D eigenvalue weighted by Gasteiger charge is 2.30. The Morgan fingerprint density at radius 2 is 1.93 bits per heavy atom. The lowest BCUT2D eigenvalue weighted by Crippen LogP contribution is -2.31. The summed E-state index contributed by atoms with van der Waals surface area (Å²) in [5.41, 5.74) is 8.96. The Morgan fingerprint density at radius 3 is 2.68 bits per heavy atom. The lowest BCUT2D eigenvalue weighted by molar-refractivity contribution is -0.137. The maximum absolute atomic E-state index is 12.9. The third-order valence-electron chi connectivity index (χ3n) is 4.75. The fourth-order valence-electron chi connectivity index (χ4n) is 3.33. The number of aromatic nitrogens is 3. The summed E-state index contributed by atoms with van der Waals surface area (Å²) in [5, 5.41) is 0. The highest BCUT2D eigenvalue weighted by Crippen LogP contribution is 2.31. The van der Waals surface area contributed by atoms with E-state index in [2.05, 4.69) is 19.9 Å². The Labute approximate surface area is 160 Å². The Hall–Kier alpha value is -3.00. The molecule has 0 aliphatic carbocycles. The average Bonchev–Trinajstić information content (AvgIpc) is 2.68. The van der Waals surface area contributed by atoms with E-state index in [9.17, 15) is 13.2 Å².